The Bertz CT molecular complexity index is 13.0. The van der Waals surface area contributed by atoms with Crippen molar-refractivity contribution in [2.24, 2.45) is 0 Å². The van der Waals surface area contributed by atoms with E-state index in [1.165, 1.54) is 0 Å². The van der Waals surface area contributed by atoms with E-state index in [0.29, 0.717) is 0 Å². The van der Waals surface area contributed by atoms with E-state index in [1.54, 1.807) is 0 Å². The summed E-state index contributed by atoms with van der Waals surface area (Å²) in [5, 5.41) is 0. The Balaban J connectivity index is 0. The molecule has 0 spiro atoms. The summed E-state index contributed by atoms with van der Waals surface area (Å²) in [4.78, 5) is 0. The first-order chi connectivity index (χ1) is 0. The van der Waals surface area contributed by atoms with Crippen molar-refractivity contribution in [2.75, 3.05) is 0 Å². The van der Waals surface area contributed by atoms with Gasteiger partial charge in [0.25, 0.3) is 0 Å². The van der Waals surface area contributed by atoms with Crippen molar-refractivity contribution in [1.82, 2.24) is 0 Å². The molecule has 0 fully saturated rings. The van der Waals surface area contributed by atoms with E-state index in [1.807, 2.05) is 0 Å². The van der Waals surface area contributed by atoms with Crippen LogP contribution in [0, 0.1) is 0 Å². The second-order valence-electron chi connectivity index (χ2n) is 0. The van der Waals surface area contributed by atoms with Gasteiger partial charge in [-0.15, -0.1) is 0 Å². The minimum atomic E-state index is 0. The van der Waals surface area contributed by atoms with Crippen LogP contribution in [0.1, 0.15) is 1.43 Å². The topological polar surface area (TPSA) is 0 Å². The summed E-state index contributed by atoms with van der Waals surface area (Å²) < 4.78 is 0. The van der Waals surface area contributed by atoms with Crippen molar-refractivity contribution in [3.05, 3.63) is 0 Å². The molecule has 0 unspecified atom stereocenters. The third kappa shape index (κ3) is 2920. The monoisotopic (exact) mass is 139 g/mol. The van der Waals surface area contributed by atoms with Gasteiger partial charge >= 0.3 is 18.9 Å². The second kappa shape index (κ2) is 4810. The standard InChI is InChI=1S/B.6FH.Li.H/h;6*1H;;/q;;;;;;;+1;-1. The van der Waals surface area contributed by atoms with Crippen molar-refractivity contribution in [3.63, 3.8) is 0 Å². The Morgan fingerprint density at radius 3 is 0.500 bits per heavy atom. The summed E-state index contributed by atoms with van der Waals surface area (Å²) in [5.74, 6) is 0. The van der Waals surface area contributed by atoms with Gasteiger partial charge < -0.3 is 1.43 Å². The van der Waals surface area contributed by atoms with Crippen LogP contribution in [-0.4, -0.2) is 8.41 Å². The molecule has 0 aromatic heterocycles. The van der Waals surface area contributed by atoms with E-state index in [4.69, 9.17) is 0 Å². The Hall–Kier alpha value is 0.242. The van der Waals surface area contributed by atoms with Gasteiger partial charge in [0.15, 0.2) is 0 Å². The molecule has 8 heavy (non-hydrogen) atoms. The third-order valence-electron chi connectivity index (χ3n) is 0. The maximum absolute atomic E-state index is 0. The molecular weight excluding hydrogens is 132 g/mol. The molecule has 8 heteroatoms. The fourth-order valence-electron chi connectivity index (χ4n) is 0. The summed E-state index contributed by atoms with van der Waals surface area (Å²) in [5.41, 5.74) is 0. The fraction of sp³-hybridized carbons (Fsp3) is 0. The van der Waals surface area contributed by atoms with Gasteiger partial charge in [-0.2, -0.15) is 0 Å². The molecule has 0 atom stereocenters. The van der Waals surface area contributed by atoms with Crippen LogP contribution in [0.3, 0.4) is 0 Å². The van der Waals surface area contributed by atoms with E-state index in [9.17, 15) is 0 Å². The third-order valence-corrected chi connectivity index (χ3v) is 0. The Morgan fingerprint density at radius 1 is 0.500 bits per heavy atom. The van der Waals surface area contributed by atoms with Crippen molar-refractivity contribution in [2.45, 2.75) is 0 Å². The van der Waals surface area contributed by atoms with Crippen molar-refractivity contribution < 1.29 is 48.5 Å². The van der Waals surface area contributed by atoms with Gasteiger partial charge in [0, 0.05) is 8.41 Å². The van der Waals surface area contributed by atoms with Crippen molar-refractivity contribution >= 4 is 8.41 Å². The van der Waals surface area contributed by atoms with Crippen LogP contribution >= 0.6 is 0 Å². The first-order valence-electron chi connectivity index (χ1n) is 0. The maximum atomic E-state index is 0. The minimum absolute atomic E-state index is 0. The van der Waals surface area contributed by atoms with E-state index >= 15 is 0 Å². The van der Waals surface area contributed by atoms with Gasteiger partial charge in [-0.25, -0.2) is 0 Å². The summed E-state index contributed by atoms with van der Waals surface area (Å²) in [6, 6.07) is 0. The molecule has 3 radical (unpaired) electrons. The van der Waals surface area contributed by atoms with Gasteiger partial charge in [0.2, 0.25) is 0 Å². The second-order valence-corrected chi connectivity index (χ2v) is 0. The SMILES string of the molecule is F.F.F.F.F.F.[B].[H-].[Li+]. The zero-order valence-electron chi connectivity index (χ0n) is 5.03. The van der Waals surface area contributed by atoms with Crippen molar-refractivity contribution in [3.8, 4) is 0 Å². The van der Waals surface area contributed by atoms with Crippen LogP contribution < -0.4 is 18.9 Å². The number of hydrogen-bond donors (Lipinski definition) is 0. The van der Waals surface area contributed by atoms with Crippen LogP contribution in [-0.2, 0) is 0 Å². The number of halogens is 6. The number of rotatable bonds is 0. The predicted octanol–water partition coefficient (Wildman–Crippen LogP) is -2.35. The first kappa shape index (κ1) is 7360. The molecule has 0 amide bonds. The Labute approximate surface area is 57.8 Å². The van der Waals surface area contributed by atoms with Crippen LogP contribution in [0.25, 0.3) is 0 Å². The van der Waals surface area contributed by atoms with Crippen LogP contribution in [0.4, 0.5) is 28.2 Å². The smallest absolute Gasteiger partial charge is 1.00 e. The van der Waals surface area contributed by atoms with Gasteiger partial charge in [-0.05, 0) is 0 Å². The molecule has 0 bridgehead atoms. The zero-order valence-corrected chi connectivity index (χ0v) is 4.03. The van der Waals surface area contributed by atoms with Gasteiger partial charge in [0.05, 0.1) is 0 Å². The van der Waals surface area contributed by atoms with E-state index in [0.717, 1.165) is 0 Å². The zero-order chi connectivity index (χ0) is 0. The molecule has 53 valence electrons. The van der Waals surface area contributed by atoms with E-state index in [-0.39, 0.29) is 56.9 Å². The molecule has 0 aromatic carbocycles. The predicted molar refractivity (Wildman–Crippen MR) is 21.9 cm³/mol. The van der Waals surface area contributed by atoms with Gasteiger partial charge in [0.1, 0.15) is 0 Å². The average molecular weight is 139 g/mol. The summed E-state index contributed by atoms with van der Waals surface area (Å²) in [7, 11) is 0. The molecule has 0 saturated carbocycles. The van der Waals surface area contributed by atoms with Crippen LogP contribution in [0.15, 0.2) is 0 Å². The molecule has 0 aliphatic heterocycles. The van der Waals surface area contributed by atoms with Crippen LogP contribution in [0.2, 0.25) is 0 Å². The Kier molecular flexibility index (Phi) is 4420000. The van der Waals surface area contributed by atoms with Gasteiger partial charge in [-0.3, -0.25) is 28.2 Å². The quantitative estimate of drug-likeness (QED) is 0.260. The molecule has 0 nitrogen and oxygen atoms in total. The molecule has 0 aliphatic carbocycles. The van der Waals surface area contributed by atoms with E-state index < -0.39 is 0 Å². The summed E-state index contributed by atoms with van der Waals surface area (Å²) >= 11 is 0. The fourth-order valence-corrected chi connectivity index (χ4v) is 0. The number of hydrogen-bond acceptors (Lipinski definition) is 0. The molecule has 0 aliphatic rings. The molecule has 0 rings (SSSR count). The van der Waals surface area contributed by atoms with Gasteiger partial charge in [-0.1, -0.05) is 0 Å². The Morgan fingerprint density at radius 2 is 0.500 bits per heavy atom. The summed E-state index contributed by atoms with van der Waals surface area (Å²) in [6.45, 7) is 0. The molecule has 0 heterocycles. The summed E-state index contributed by atoms with van der Waals surface area (Å²) in [6.07, 6.45) is 0. The van der Waals surface area contributed by atoms with Crippen LogP contribution in [0.5, 0.6) is 0 Å². The van der Waals surface area contributed by atoms with Crippen molar-refractivity contribution in [1.29, 1.82) is 0 Å². The molecule has 0 aromatic rings. The normalized spacial score (nSPS) is 0. The first-order valence-corrected chi connectivity index (χ1v) is 0. The average Bonchev–Trinajstić information content (AvgIpc) is 0. The minimum Gasteiger partial charge on any atom is -1.00 e. The molecule has 0 N–H and O–H groups in total. The van der Waals surface area contributed by atoms with E-state index in [2.05, 4.69) is 0 Å². The molecule has 0 saturated heterocycles. The largest absolute Gasteiger partial charge is 1.00 e. The maximum Gasteiger partial charge on any atom is 1.00 e. The molecular formula is H7BF6Li.